The lowest BCUT2D eigenvalue weighted by Crippen LogP contribution is -2.30. The Kier molecular flexibility index (Phi) is 6.62. The zero-order valence-electron chi connectivity index (χ0n) is 17.0. The lowest BCUT2D eigenvalue weighted by Gasteiger charge is -2.25. The van der Waals surface area contributed by atoms with E-state index >= 15 is 0 Å². The molecule has 0 radical (unpaired) electrons. The lowest BCUT2D eigenvalue weighted by atomic mass is 9.95. The van der Waals surface area contributed by atoms with Gasteiger partial charge < -0.3 is 19.5 Å². The molecule has 1 N–H and O–H groups in total. The third-order valence-electron chi connectivity index (χ3n) is 5.04. The summed E-state index contributed by atoms with van der Waals surface area (Å²) in [6, 6.07) is 5.69. The van der Waals surface area contributed by atoms with E-state index in [9.17, 15) is 14.7 Å². The van der Waals surface area contributed by atoms with E-state index in [4.69, 9.17) is 21.1 Å². The highest BCUT2D eigenvalue weighted by atomic mass is 35.5. The summed E-state index contributed by atoms with van der Waals surface area (Å²) in [4.78, 5) is 31.3. The van der Waals surface area contributed by atoms with Crippen molar-refractivity contribution in [2.45, 2.75) is 25.8 Å². The molecule has 1 unspecified atom stereocenters. The SMILES string of the molecule is CCCCN1C(=O)C(=O)/C(=C(/O)c2cc(Cl)c(OC)cc2OC)C1c1ccncc1. The number of pyridine rings is 1. The van der Waals surface area contributed by atoms with Gasteiger partial charge in [0.2, 0.25) is 0 Å². The monoisotopic (exact) mass is 430 g/mol. The van der Waals surface area contributed by atoms with Gasteiger partial charge in [-0.3, -0.25) is 14.6 Å². The molecule has 0 saturated carbocycles. The maximum atomic E-state index is 13.0. The number of halogens is 1. The number of ketones is 1. The standard InChI is InChI=1S/C22H23ClN2O5/c1-4-5-10-25-19(13-6-8-24-9-7-13)18(21(27)22(25)28)20(26)14-11-15(23)17(30-3)12-16(14)29-2/h6-9,11-12,19,26H,4-5,10H2,1-3H3/b20-18+. The van der Waals surface area contributed by atoms with E-state index < -0.39 is 17.7 Å². The summed E-state index contributed by atoms with van der Waals surface area (Å²) in [5.41, 5.74) is 0.873. The van der Waals surface area contributed by atoms with Crippen molar-refractivity contribution in [3.05, 3.63) is 58.4 Å². The third kappa shape index (κ3) is 3.85. The maximum Gasteiger partial charge on any atom is 0.295 e. The number of amides is 1. The number of unbranched alkanes of at least 4 members (excludes halogenated alkanes) is 1. The Balaban J connectivity index is 2.22. The van der Waals surface area contributed by atoms with E-state index in [0.717, 1.165) is 12.8 Å². The molecule has 2 aromatic rings. The molecule has 8 heteroatoms. The lowest BCUT2D eigenvalue weighted by molar-refractivity contribution is -0.139. The first-order chi connectivity index (χ1) is 14.4. The minimum Gasteiger partial charge on any atom is -0.507 e. The van der Waals surface area contributed by atoms with Crippen molar-refractivity contribution in [3.63, 3.8) is 0 Å². The largest absolute Gasteiger partial charge is 0.507 e. The Labute approximate surface area is 179 Å². The number of carbonyl (C=O) groups is 2. The maximum absolute atomic E-state index is 13.0. The van der Waals surface area contributed by atoms with Gasteiger partial charge in [0, 0.05) is 25.0 Å². The number of Topliss-reactive ketones (excluding diaryl/α,β-unsaturated/α-hetero) is 1. The van der Waals surface area contributed by atoms with Gasteiger partial charge in [-0.2, -0.15) is 0 Å². The summed E-state index contributed by atoms with van der Waals surface area (Å²) in [6.07, 6.45) is 4.75. The minimum absolute atomic E-state index is 0.0122. The molecule has 1 aromatic carbocycles. The minimum atomic E-state index is -0.751. The van der Waals surface area contributed by atoms with Crippen molar-refractivity contribution >= 4 is 29.1 Å². The van der Waals surface area contributed by atoms with Crippen LogP contribution in [-0.2, 0) is 9.59 Å². The van der Waals surface area contributed by atoms with Crippen LogP contribution in [0.5, 0.6) is 11.5 Å². The number of methoxy groups -OCH3 is 2. The molecule has 7 nitrogen and oxygen atoms in total. The summed E-state index contributed by atoms with van der Waals surface area (Å²) < 4.78 is 10.6. The summed E-state index contributed by atoms with van der Waals surface area (Å²) in [5.74, 6) is -1.12. The molecule has 1 fully saturated rings. The Morgan fingerprint density at radius 2 is 1.83 bits per heavy atom. The van der Waals surface area contributed by atoms with Crippen LogP contribution in [0.15, 0.2) is 42.2 Å². The van der Waals surface area contributed by atoms with Crippen molar-refractivity contribution in [1.29, 1.82) is 0 Å². The van der Waals surface area contributed by atoms with Gasteiger partial charge in [-0.05, 0) is 30.2 Å². The Bertz CT molecular complexity index is 991. The van der Waals surface area contributed by atoms with Gasteiger partial charge in [-0.15, -0.1) is 0 Å². The molecule has 0 spiro atoms. The molecule has 0 aliphatic carbocycles. The van der Waals surface area contributed by atoms with Crippen molar-refractivity contribution in [2.24, 2.45) is 0 Å². The number of carbonyl (C=O) groups excluding carboxylic acids is 2. The molecule has 1 aliphatic heterocycles. The van der Waals surface area contributed by atoms with E-state index in [1.54, 1.807) is 24.5 Å². The number of hydrogen-bond acceptors (Lipinski definition) is 6. The number of ether oxygens (including phenoxy) is 2. The van der Waals surface area contributed by atoms with Crippen molar-refractivity contribution < 1.29 is 24.2 Å². The van der Waals surface area contributed by atoms with Crippen LogP contribution in [0.25, 0.3) is 5.76 Å². The highest BCUT2D eigenvalue weighted by Gasteiger charge is 2.46. The molecule has 1 aliphatic rings. The number of hydrogen-bond donors (Lipinski definition) is 1. The Morgan fingerprint density at radius 1 is 1.17 bits per heavy atom. The van der Waals surface area contributed by atoms with Gasteiger partial charge in [0.25, 0.3) is 11.7 Å². The van der Waals surface area contributed by atoms with Crippen LogP contribution >= 0.6 is 11.6 Å². The van der Waals surface area contributed by atoms with Gasteiger partial charge in [0.15, 0.2) is 0 Å². The van der Waals surface area contributed by atoms with Gasteiger partial charge in [0.1, 0.15) is 17.3 Å². The first-order valence-electron chi connectivity index (χ1n) is 9.54. The predicted molar refractivity (Wildman–Crippen MR) is 113 cm³/mol. The molecule has 1 aromatic heterocycles. The third-order valence-corrected chi connectivity index (χ3v) is 5.34. The highest BCUT2D eigenvalue weighted by molar-refractivity contribution is 6.46. The van der Waals surface area contributed by atoms with Crippen molar-refractivity contribution in [3.8, 4) is 11.5 Å². The number of aliphatic hydroxyl groups is 1. The fourth-order valence-corrected chi connectivity index (χ4v) is 3.76. The van der Waals surface area contributed by atoms with Crippen LogP contribution in [0, 0.1) is 0 Å². The zero-order chi connectivity index (χ0) is 21.8. The molecule has 1 amide bonds. The normalized spacial score (nSPS) is 18.0. The Hall–Kier alpha value is -3.06. The van der Waals surface area contributed by atoms with E-state index in [2.05, 4.69) is 4.98 Å². The summed E-state index contributed by atoms with van der Waals surface area (Å²) in [7, 11) is 2.89. The number of rotatable bonds is 7. The van der Waals surface area contributed by atoms with Gasteiger partial charge in [0.05, 0.1) is 36.4 Å². The fourth-order valence-electron chi connectivity index (χ4n) is 3.52. The number of benzene rings is 1. The second kappa shape index (κ2) is 9.17. The summed E-state index contributed by atoms with van der Waals surface area (Å²) >= 11 is 6.24. The van der Waals surface area contributed by atoms with Crippen molar-refractivity contribution in [2.75, 3.05) is 20.8 Å². The average Bonchev–Trinajstić information content (AvgIpc) is 3.02. The Morgan fingerprint density at radius 3 is 2.43 bits per heavy atom. The van der Waals surface area contributed by atoms with E-state index in [0.29, 0.717) is 17.9 Å². The first kappa shape index (κ1) is 21.6. The van der Waals surface area contributed by atoms with Crippen molar-refractivity contribution in [1.82, 2.24) is 9.88 Å². The van der Waals surface area contributed by atoms with Crippen LogP contribution < -0.4 is 9.47 Å². The van der Waals surface area contributed by atoms with Crippen LogP contribution in [0.4, 0.5) is 0 Å². The topological polar surface area (TPSA) is 89.0 Å². The fraction of sp³-hybridized carbons (Fsp3) is 0.318. The summed E-state index contributed by atoms with van der Waals surface area (Å²) in [6.45, 7) is 2.40. The number of likely N-dealkylation sites (tertiary alicyclic amines) is 1. The predicted octanol–water partition coefficient (Wildman–Crippen LogP) is 3.97. The smallest absolute Gasteiger partial charge is 0.295 e. The number of aromatic nitrogens is 1. The molecule has 30 heavy (non-hydrogen) atoms. The molecular weight excluding hydrogens is 408 g/mol. The van der Waals surface area contributed by atoms with E-state index in [1.807, 2.05) is 6.92 Å². The second-order valence-corrected chi connectivity index (χ2v) is 7.22. The quantitative estimate of drug-likeness (QED) is 0.406. The van der Waals surface area contributed by atoms with Gasteiger partial charge in [-0.25, -0.2) is 0 Å². The van der Waals surface area contributed by atoms with Crippen LogP contribution in [0.3, 0.4) is 0 Å². The molecule has 158 valence electrons. The molecule has 3 rings (SSSR count). The second-order valence-electron chi connectivity index (χ2n) is 6.81. The summed E-state index contributed by atoms with van der Waals surface area (Å²) in [5, 5.41) is 11.4. The van der Waals surface area contributed by atoms with E-state index in [-0.39, 0.29) is 27.7 Å². The highest BCUT2D eigenvalue weighted by Crippen LogP contribution is 2.42. The van der Waals surface area contributed by atoms with Crippen LogP contribution in [0.1, 0.15) is 36.9 Å². The van der Waals surface area contributed by atoms with E-state index in [1.165, 1.54) is 31.3 Å². The number of nitrogens with zero attached hydrogens (tertiary/aromatic N) is 2. The molecular formula is C22H23ClN2O5. The van der Waals surface area contributed by atoms with Crippen LogP contribution in [0.2, 0.25) is 5.02 Å². The van der Waals surface area contributed by atoms with Gasteiger partial charge >= 0.3 is 0 Å². The molecule has 1 saturated heterocycles. The average molecular weight is 431 g/mol. The molecule has 0 bridgehead atoms. The molecule has 1 atom stereocenters. The number of aliphatic hydroxyl groups excluding tert-OH is 1. The van der Waals surface area contributed by atoms with Gasteiger partial charge in [-0.1, -0.05) is 24.9 Å². The molecule has 2 heterocycles. The zero-order valence-corrected chi connectivity index (χ0v) is 17.8. The first-order valence-corrected chi connectivity index (χ1v) is 9.92. The van der Waals surface area contributed by atoms with Crippen LogP contribution in [-0.4, -0.2) is 47.4 Å².